The molecule has 0 saturated carbocycles. The van der Waals surface area contributed by atoms with Crippen LogP contribution in [0.5, 0.6) is 5.75 Å². The average molecular weight is 263 g/mol. The van der Waals surface area contributed by atoms with Crippen molar-refractivity contribution in [2.24, 2.45) is 0 Å². The van der Waals surface area contributed by atoms with Gasteiger partial charge >= 0.3 is 0 Å². The summed E-state index contributed by atoms with van der Waals surface area (Å²) in [5.41, 5.74) is 2.40. The van der Waals surface area contributed by atoms with Crippen molar-refractivity contribution in [3.63, 3.8) is 0 Å². The van der Waals surface area contributed by atoms with E-state index in [-0.39, 0.29) is 0 Å². The second-order valence-electron chi connectivity index (χ2n) is 5.27. The number of anilines is 2. The third kappa shape index (κ3) is 3.32. The average Bonchev–Trinajstić information content (AvgIpc) is 2.39. The minimum Gasteiger partial charge on any atom is -0.492 e. The highest BCUT2D eigenvalue weighted by molar-refractivity contribution is 5.65. The van der Waals surface area contributed by atoms with E-state index >= 15 is 0 Å². The number of hydrogen-bond donors (Lipinski definition) is 0. The van der Waals surface area contributed by atoms with E-state index in [0.29, 0.717) is 6.61 Å². The molecule has 2 rings (SSSR count). The number of nitrogens with zero attached hydrogens (tertiary/aromatic N) is 3. The second-order valence-corrected chi connectivity index (χ2v) is 5.27. The van der Waals surface area contributed by atoms with Crippen molar-refractivity contribution in [3.05, 3.63) is 18.2 Å². The van der Waals surface area contributed by atoms with Gasteiger partial charge in [0.1, 0.15) is 5.75 Å². The van der Waals surface area contributed by atoms with Gasteiger partial charge in [-0.3, -0.25) is 0 Å². The van der Waals surface area contributed by atoms with Crippen molar-refractivity contribution in [1.82, 2.24) is 4.90 Å². The van der Waals surface area contributed by atoms with Gasteiger partial charge < -0.3 is 19.4 Å². The Morgan fingerprint density at radius 3 is 2.42 bits per heavy atom. The van der Waals surface area contributed by atoms with Gasteiger partial charge in [0.2, 0.25) is 0 Å². The molecule has 0 aromatic heterocycles. The molecule has 0 unspecified atom stereocenters. The maximum Gasteiger partial charge on any atom is 0.144 e. The minimum atomic E-state index is 0.701. The molecule has 0 radical (unpaired) electrons. The first-order valence-corrected chi connectivity index (χ1v) is 6.99. The Morgan fingerprint density at radius 2 is 1.84 bits per heavy atom. The molecule has 106 valence electrons. The van der Waals surface area contributed by atoms with Crippen LogP contribution in [0.1, 0.15) is 6.92 Å². The maximum atomic E-state index is 5.77. The van der Waals surface area contributed by atoms with E-state index in [0.717, 1.165) is 37.6 Å². The van der Waals surface area contributed by atoms with Crippen LogP contribution in [-0.2, 0) is 0 Å². The summed E-state index contributed by atoms with van der Waals surface area (Å²) in [6, 6.07) is 6.52. The highest BCUT2D eigenvalue weighted by Gasteiger charge is 2.16. The van der Waals surface area contributed by atoms with Gasteiger partial charge in [-0.2, -0.15) is 0 Å². The lowest BCUT2D eigenvalue weighted by molar-refractivity contribution is 0.312. The van der Waals surface area contributed by atoms with Crippen LogP contribution in [0.4, 0.5) is 11.4 Å². The molecule has 1 saturated heterocycles. The summed E-state index contributed by atoms with van der Waals surface area (Å²) in [6.45, 7) is 7.15. The highest BCUT2D eigenvalue weighted by Crippen LogP contribution is 2.32. The Balaban J connectivity index is 2.20. The first-order valence-electron chi connectivity index (χ1n) is 6.99. The molecule has 19 heavy (non-hydrogen) atoms. The summed E-state index contributed by atoms with van der Waals surface area (Å²) in [5.74, 6) is 0.976. The molecule has 0 bridgehead atoms. The van der Waals surface area contributed by atoms with Crippen LogP contribution in [0, 0.1) is 0 Å². The Bertz CT molecular complexity index is 412. The Labute approximate surface area is 116 Å². The highest BCUT2D eigenvalue weighted by atomic mass is 16.5. The SMILES string of the molecule is CCOc1cc(N2CCN(C)CC2)ccc1N(C)C. The van der Waals surface area contributed by atoms with Crippen molar-refractivity contribution in [1.29, 1.82) is 0 Å². The third-order valence-electron chi connectivity index (χ3n) is 3.59. The number of piperazine rings is 1. The Hall–Kier alpha value is -1.42. The number of ether oxygens (including phenoxy) is 1. The van der Waals surface area contributed by atoms with Gasteiger partial charge in [-0.25, -0.2) is 0 Å². The predicted octanol–water partition coefficient (Wildman–Crippen LogP) is 1.90. The number of hydrogen-bond acceptors (Lipinski definition) is 4. The molecule has 0 N–H and O–H groups in total. The standard InChI is InChI=1S/C15H25N3O/c1-5-19-15-12-13(6-7-14(15)16(2)3)18-10-8-17(4)9-11-18/h6-7,12H,5,8-11H2,1-4H3. The maximum absolute atomic E-state index is 5.77. The predicted molar refractivity (Wildman–Crippen MR) is 81.6 cm³/mol. The molecule has 1 aromatic carbocycles. The largest absolute Gasteiger partial charge is 0.492 e. The molecular weight excluding hydrogens is 238 g/mol. The molecule has 1 aliphatic heterocycles. The fraction of sp³-hybridized carbons (Fsp3) is 0.600. The van der Waals surface area contributed by atoms with Gasteiger partial charge in [0, 0.05) is 52.0 Å². The van der Waals surface area contributed by atoms with E-state index in [1.165, 1.54) is 5.69 Å². The van der Waals surface area contributed by atoms with Crippen molar-refractivity contribution >= 4 is 11.4 Å². The molecule has 0 amide bonds. The Morgan fingerprint density at radius 1 is 1.16 bits per heavy atom. The number of likely N-dealkylation sites (N-methyl/N-ethyl adjacent to an activating group) is 1. The number of rotatable bonds is 4. The number of benzene rings is 1. The van der Waals surface area contributed by atoms with Crippen LogP contribution in [-0.4, -0.2) is 58.8 Å². The van der Waals surface area contributed by atoms with Crippen molar-refractivity contribution in [2.75, 3.05) is 63.7 Å². The van der Waals surface area contributed by atoms with E-state index < -0.39 is 0 Å². The lowest BCUT2D eigenvalue weighted by Gasteiger charge is -2.34. The van der Waals surface area contributed by atoms with E-state index in [1.54, 1.807) is 0 Å². The van der Waals surface area contributed by atoms with Gasteiger partial charge in [0.05, 0.1) is 12.3 Å². The van der Waals surface area contributed by atoms with Gasteiger partial charge in [-0.1, -0.05) is 0 Å². The molecule has 4 nitrogen and oxygen atoms in total. The van der Waals surface area contributed by atoms with Crippen LogP contribution < -0.4 is 14.5 Å². The first-order chi connectivity index (χ1) is 9.11. The van der Waals surface area contributed by atoms with Crippen LogP contribution in [0.25, 0.3) is 0 Å². The van der Waals surface area contributed by atoms with E-state index in [9.17, 15) is 0 Å². The lowest BCUT2D eigenvalue weighted by Crippen LogP contribution is -2.44. The lowest BCUT2D eigenvalue weighted by atomic mass is 10.2. The monoisotopic (exact) mass is 263 g/mol. The van der Waals surface area contributed by atoms with Gasteiger partial charge in [-0.05, 0) is 26.1 Å². The molecule has 0 spiro atoms. The fourth-order valence-electron chi connectivity index (χ4n) is 2.40. The molecule has 4 heteroatoms. The van der Waals surface area contributed by atoms with E-state index in [1.807, 2.05) is 21.0 Å². The third-order valence-corrected chi connectivity index (χ3v) is 3.59. The molecule has 0 aliphatic carbocycles. The van der Waals surface area contributed by atoms with E-state index in [4.69, 9.17) is 4.74 Å². The molecule has 1 aliphatic rings. The van der Waals surface area contributed by atoms with Crippen LogP contribution in [0.2, 0.25) is 0 Å². The van der Waals surface area contributed by atoms with Crippen LogP contribution in [0.3, 0.4) is 0 Å². The van der Waals surface area contributed by atoms with Crippen molar-refractivity contribution in [3.8, 4) is 5.75 Å². The van der Waals surface area contributed by atoms with Crippen molar-refractivity contribution in [2.45, 2.75) is 6.92 Å². The van der Waals surface area contributed by atoms with E-state index in [2.05, 4.69) is 39.9 Å². The summed E-state index contributed by atoms with van der Waals surface area (Å²) in [4.78, 5) is 6.90. The van der Waals surface area contributed by atoms with Crippen LogP contribution in [0.15, 0.2) is 18.2 Å². The smallest absolute Gasteiger partial charge is 0.144 e. The molecular formula is C15H25N3O. The van der Waals surface area contributed by atoms with Gasteiger partial charge in [0.25, 0.3) is 0 Å². The normalized spacial score (nSPS) is 16.5. The zero-order chi connectivity index (χ0) is 13.8. The van der Waals surface area contributed by atoms with Gasteiger partial charge in [0.15, 0.2) is 0 Å². The molecule has 1 fully saturated rings. The van der Waals surface area contributed by atoms with Crippen molar-refractivity contribution < 1.29 is 4.74 Å². The quantitative estimate of drug-likeness (QED) is 0.826. The van der Waals surface area contributed by atoms with Gasteiger partial charge in [-0.15, -0.1) is 0 Å². The van der Waals surface area contributed by atoms with Crippen LogP contribution >= 0.6 is 0 Å². The zero-order valence-electron chi connectivity index (χ0n) is 12.5. The molecule has 1 aromatic rings. The minimum absolute atomic E-state index is 0.701. The summed E-state index contributed by atoms with van der Waals surface area (Å²) >= 11 is 0. The summed E-state index contributed by atoms with van der Waals surface area (Å²) in [7, 11) is 6.28. The second kappa shape index (κ2) is 6.15. The first kappa shape index (κ1) is 14.0. The zero-order valence-corrected chi connectivity index (χ0v) is 12.5. The molecule has 1 heterocycles. The Kier molecular flexibility index (Phi) is 4.53. The topological polar surface area (TPSA) is 19.0 Å². The summed E-state index contributed by atoms with van der Waals surface area (Å²) < 4.78 is 5.77. The summed E-state index contributed by atoms with van der Waals surface area (Å²) in [6.07, 6.45) is 0. The molecule has 0 atom stereocenters. The fourth-order valence-corrected chi connectivity index (χ4v) is 2.40. The summed E-state index contributed by atoms with van der Waals surface area (Å²) in [5, 5.41) is 0.